The van der Waals surface area contributed by atoms with E-state index < -0.39 is 0 Å². The Morgan fingerprint density at radius 3 is 1.57 bits per heavy atom. The molecule has 0 bridgehead atoms. The molecule has 0 saturated carbocycles. The number of hydrogen-bond donors (Lipinski definition) is 0. The molecule has 0 aromatic heterocycles. The Balaban J connectivity index is 0.000000382. The van der Waals surface area contributed by atoms with Gasteiger partial charge in [-0.05, 0) is 39.5 Å². The van der Waals surface area contributed by atoms with Crippen molar-refractivity contribution >= 4 is 40.6 Å². The number of fused-ring (bicyclic) bond motifs is 3. The molecule has 0 saturated heterocycles. The van der Waals surface area contributed by atoms with Crippen LogP contribution < -0.4 is 0 Å². The molecule has 0 aliphatic heterocycles. The fraction of sp³-hybridized carbons (Fsp3) is 0.192. The first kappa shape index (κ1) is 48.4. The van der Waals surface area contributed by atoms with Gasteiger partial charge >= 0.3 is 28.4 Å². The van der Waals surface area contributed by atoms with Crippen molar-refractivity contribution < 1.29 is 24.2 Å². The van der Waals surface area contributed by atoms with E-state index in [9.17, 15) is 0 Å². The quantitative estimate of drug-likeness (QED) is 0.152. The average molecular weight is 876 g/mol. The summed E-state index contributed by atoms with van der Waals surface area (Å²) < 4.78 is 3.34. The number of hydrogen-bond acceptors (Lipinski definition) is 0. The summed E-state index contributed by atoms with van der Waals surface area (Å²) in [6, 6.07) is 52.7. The minimum absolute atomic E-state index is 0. The van der Waals surface area contributed by atoms with Crippen LogP contribution in [0.4, 0.5) is 0 Å². The van der Waals surface area contributed by atoms with Crippen molar-refractivity contribution in [1.29, 1.82) is 0 Å². The second kappa shape index (κ2) is 23.5. The molecule has 2 aliphatic rings. The number of benzene rings is 6. The molecule has 0 N–H and O–H groups in total. The Morgan fingerprint density at radius 1 is 0.643 bits per heavy atom. The summed E-state index contributed by atoms with van der Waals surface area (Å²) in [6.45, 7) is 17.6. The van der Waals surface area contributed by atoms with E-state index in [1.54, 1.807) is 24.3 Å². The van der Waals surface area contributed by atoms with Crippen LogP contribution in [-0.2, 0) is 41.5 Å². The van der Waals surface area contributed by atoms with Gasteiger partial charge in [0.15, 0.2) is 0 Å². The van der Waals surface area contributed by atoms with E-state index in [1.807, 2.05) is 42.5 Å². The molecule has 0 amide bonds. The third kappa shape index (κ3) is 14.0. The van der Waals surface area contributed by atoms with Gasteiger partial charge in [-0.25, -0.2) is 12.2 Å². The summed E-state index contributed by atoms with van der Waals surface area (Å²) in [7, 11) is 0. The van der Waals surface area contributed by atoms with Crippen LogP contribution in [0.15, 0.2) is 152 Å². The summed E-state index contributed by atoms with van der Waals surface area (Å²) in [5.41, 5.74) is 14.6. The van der Waals surface area contributed by atoms with Gasteiger partial charge in [0.05, 0.1) is 0 Å². The summed E-state index contributed by atoms with van der Waals surface area (Å²) >= 11 is 6.82. The fourth-order valence-electron chi connectivity index (χ4n) is 6.29. The van der Waals surface area contributed by atoms with Gasteiger partial charge in [-0.3, -0.25) is 6.08 Å². The van der Waals surface area contributed by atoms with E-state index in [4.69, 9.17) is 11.6 Å². The van der Waals surface area contributed by atoms with Gasteiger partial charge in [0.25, 0.3) is 0 Å². The summed E-state index contributed by atoms with van der Waals surface area (Å²) in [4.78, 5) is 0. The van der Waals surface area contributed by atoms with E-state index in [1.165, 1.54) is 79.9 Å². The topological polar surface area (TPSA) is 0 Å². The van der Waals surface area contributed by atoms with Gasteiger partial charge in [0.1, 0.15) is 0 Å². The van der Waals surface area contributed by atoms with E-state index >= 15 is 0 Å². The second-order valence-corrected chi connectivity index (χ2v) is 15.6. The molecule has 0 heterocycles. The molecule has 0 unspecified atom stereocenters. The van der Waals surface area contributed by atoms with E-state index in [2.05, 4.69) is 156 Å². The maximum absolute atomic E-state index is 5.52. The normalized spacial score (nSPS) is 11.5. The summed E-state index contributed by atoms with van der Waals surface area (Å²) in [5, 5.41) is 0.763. The van der Waals surface area contributed by atoms with E-state index in [0.29, 0.717) is 0 Å². The van der Waals surface area contributed by atoms with Gasteiger partial charge in [-0.15, -0.1) is 83.8 Å². The zero-order valence-electron chi connectivity index (χ0n) is 33.5. The van der Waals surface area contributed by atoms with Gasteiger partial charge in [-0.2, -0.15) is 61.0 Å². The van der Waals surface area contributed by atoms with Crippen LogP contribution >= 0.6 is 36.4 Å². The van der Waals surface area contributed by atoms with Crippen LogP contribution in [0.2, 0.25) is 5.02 Å². The number of allylic oxidation sites excluding steroid dienone is 4. The zero-order chi connectivity index (χ0) is 39.1. The van der Waals surface area contributed by atoms with E-state index in [-0.39, 0.29) is 35.6 Å². The van der Waals surface area contributed by atoms with Crippen LogP contribution in [0.3, 0.4) is 0 Å². The molecule has 0 atom stereocenters. The Morgan fingerprint density at radius 2 is 1.16 bits per heavy atom. The molecule has 0 fully saturated rings. The average Bonchev–Trinajstić information content (AvgIpc) is 3.88. The molecule has 6 aromatic carbocycles. The monoisotopic (exact) mass is 872 g/mol. The Labute approximate surface area is 370 Å². The fourth-order valence-corrected chi connectivity index (χ4v) is 6.41. The molecule has 0 nitrogen and oxygen atoms in total. The number of rotatable bonds is 2. The van der Waals surface area contributed by atoms with Crippen molar-refractivity contribution in [2.75, 3.05) is 0 Å². The van der Waals surface area contributed by atoms with Crippen LogP contribution in [-0.4, -0.2) is 4.21 Å². The maximum atomic E-state index is 5.52. The molecular formula is C52H53Cl3Zr-4. The van der Waals surface area contributed by atoms with Crippen molar-refractivity contribution in [3.05, 3.63) is 210 Å². The predicted octanol–water partition coefficient (Wildman–Crippen LogP) is 15.1. The molecule has 8 rings (SSSR count). The molecule has 0 radical (unpaired) electrons. The third-order valence-corrected chi connectivity index (χ3v) is 9.18. The van der Waals surface area contributed by atoms with Crippen LogP contribution in [0, 0.1) is 25.1 Å². The van der Waals surface area contributed by atoms with Crippen LogP contribution in [0.5, 0.6) is 0 Å². The second-order valence-electron chi connectivity index (χ2n) is 15.1. The molecule has 290 valence electrons. The minimum atomic E-state index is 0. The van der Waals surface area contributed by atoms with Crippen molar-refractivity contribution in [3.63, 3.8) is 0 Å². The molecule has 4 heteroatoms. The first-order valence-electron chi connectivity index (χ1n) is 18.4. The van der Waals surface area contributed by atoms with Crippen molar-refractivity contribution in [2.24, 2.45) is 0 Å². The summed E-state index contributed by atoms with van der Waals surface area (Å²) in [5.74, 6) is 0. The summed E-state index contributed by atoms with van der Waals surface area (Å²) in [6.07, 6.45) is 10.9. The van der Waals surface area contributed by atoms with Gasteiger partial charge in [-0.1, -0.05) is 142 Å². The molecule has 56 heavy (non-hydrogen) atoms. The van der Waals surface area contributed by atoms with E-state index in [0.717, 1.165) is 23.4 Å². The van der Waals surface area contributed by atoms with Crippen LogP contribution in [0.1, 0.15) is 75.8 Å². The van der Waals surface area contributed by atoms with Crippen LogP contribution in [0.25, 0.3) is 33.4 Å². The van der Waals surface area contributed by atoms with Crippen molar-refractivity contribution in [2.45, 2.75) is 65.2 Å². The van der Waals surface area contributed by atoms with Gasteiger partial charge in [0.2, 0.25) is 0 Å². The SMILES string of the molecule is CC(C)(C)c1cc2c([c-]c1-c1ccccc1)Cc1cc(-c3ccccc3)c(C(C)(C)C)cc1-2.Cl.Cl.Clc1cc[c-]cc1.[C-]1=CC=CC1.[CH2-]c1ccccc1.[CH2]=[Zr]. The first-order chi connectivity index (χ1) is 25.9. The Bertz CT molecular complexity index is 1960. The molecule has 2 aliphatic carbocycles. The predicted molar refractivity (Wildman–Crippen MR) is 246 cm³/mol. The third-order valence-electron chi connectivity index (χ3n) is 8.93. The van der Waals surface area contributed by atoms with Crippen molar-refractivity contribution in [3.8, 4) is 33.4 Å². The molecule has 6 aromatic rings. The van der Waals surface area contributed by atoms with Gasteiger partial charge in [0, 0.05) is 0 Å². The standard InChI is InChI=1S/C33H33.C7H7.C6H4Cl.C5H5.CH2.2ClH.Zr/c1-32(2,3)30-20-26-24(18-28(30)22-13-9-7-10-14-22)17-25-19-29(23-15-11-8-12-16-23)31(21-27(25)26)33(4,5)6;1-7-5-3-2-4-6-7;7-6-4-2-1-3-5-6;1-2-4-5-3-1;;;;/h7-16,18,20-21H,17H2,1-6H3;2-6H,1H2;2-5H;1-3H,4H2;1H2;2*1H;/q4*-1;;;;. The Kier molecular flexibility index (Phi) is 20.3. The number of halogens is 3. The first-order valence-corrected chi connectivity index (χ1v) is 20.5. The Hall–Kier alpha value is -3.71. The molecular weight excluding hydrogens is 822 g/mol. The van der Waals surface area contributed by atoms with Gasteiger partial charge < -0.3 is 0 Å². The molecule has 0 spiro atoms. The van der Waals surface area contributed by atoms with Crippen molar-refractivity contribution in [1.82, 2.24) is 0 Å². The zero-order valence-corrected chi connectivity index (χ0v) is 38.3.